The van der Waals surface area contributed by atoms with Crippen LogP contribution in [0.5, 0.6) is 0 Å². The van der Waals surface area contributed by atoms with Crippen molar-refractivity contribution in [2.24, 2.45) is 0 Å². The van der Waals surface area contributed by atoms with Gasteiger partial charge in [-0.15, -0.1) is 0 Å². The van der Waals surface area contributed by atoms with E-state index in [9.17, 15) is 18.8 Å². The third-order valence-electron chi connectivity index (χ3n) is 6.11. The van der Waals surface area contributed by atoms with E-state index in [1.807, 2.05) is 4.90 Å². The third-order valence-corrected chi connectivity index (χ3v) is 6.11. The van der Waals surface area contributed by atoms with Gasteiger partial charge in [0.15, 0.2) is 5.78 Å². The van der Waals surface area contributed by atoms with Gasteiger partial charge in [-0.3, -0.25) is 23.6 Å². The van der Waals surface area contributed by atoms with Crippen LogP contribution in [-0.2, 0) is 13.1 Å². The maximum Gasteiger partial charge on any atom is 0.332 e. The minimum atomic E-state index is -0.688. The molecule has 9 nitrogen and oxygen atoms in total. The van der Waals surface area contributed by atoms with Crippen molar-refractivity contribution >= 4 is 11.6 Å². The van der Waals surface area contributed by atoms with Crippen LogP contribution in [0.25, 0.3) is 0 Å². The Morgan fingerprint density at radius 2 is 1.97 bits per heavy atom. The van der Waals surface area contributed by atoms with Crippen LogP contribution < -0.4 is 17.0 Å². The first-order valence-corrected chi connectivity index (χ1v) is 11.0. The van der Waals surface area contributed by atoms with E-state index in [1.165, 1.54) is 28.8 Å². The maximum absolute atomic E-state index is 13.4. The van der Waals surface area contributed by atoms with Gasteiger partial charge in [0, 0.05) is 18.9 Å². The van der Waals surface area contributed by atoms with Gasteiger partial charge in [0.1, 0.15) is 23.0 Å². The molecule has 0 amide bonds. The maximum atomic E-state index is 13.4. The van der Waals surface area contributed by atoms with E-state index in [2.05, 4.69) is 9.97 Å². The van der Waals surface area contributed by atoms with Crippen molar-refractivity contribution in [1.82, 2.24) is 24.0 Å². The molecule has 0 bridgehead atoms. The van der Waals surface area contributed by atoms with Crippen molar-refractivity contribution in [1.29, 1.82) is 0 Å². The number of piperidine rings is 1. The van der Waals surface area contributed by atoms with E-state index in [1.54, 1.807) is 19.3 Å². The van der Waals surface area contributed by atoms with Crippen LogP contribution in [0.3, 0.4) is 0 Å². The van der Waals surface area contributed by atoms with E-state index < -0.39 is 22.8 Å². The molecule has 1 aromatic carbocycles. The molecule has 1 aliphatic heterocycles. The number of rotatable bonds is 7. The summed E-state index contributed by atoms with van der Waals surface area (Å²) in [5.41, 5.74) is 5.38. The van der Waals surface area contributed by atoms with Gasteiger partial charge in [-0.25, -0.2) is 14.2 Å². The largest absolute Gasteiger partial charge is 0.384 e. The summed E-state index contributed by atoms with van der Waals surface area (Å²) < 4.78 is 15.5. The monoisotopic (exact) mass is 454 g/mol. The molecule has 1 aliphatic rings. The Balaban J connectivity index is 1.70. The number of nitrogens with two attached hydrogens (primary N) is 1. The van der Waals surface area contributed by atoms with Crippen molar-refractivity contribution in [2.75, 3.05) is 18.8 Å². The molecule has 1 atom stereocenters. The van der Waals surface area contributed by atoms with Crippen LogP contribution in [0.15, 0.2) is 46.2 Å². The van der Waals surface area contributed by atoms with Gasteiger partial charge >= 0.3 is 5.69 Å². The van der Waals surface area contributed by atoms with E-state index in [0.29, 0.717) is 12.1 Å². The zero-order valence-corrected chi connectivity index (χ0v) is 18.5. The number of ketones is 1. The summed E-state index contributed by atoms with van der Waals surface area (Å²) >= 11 is 0. The molecule has 0 aliphatic carbocycles. The van der Waals surface area contributed by atoms with E-state index in [4.69, 9.17) is 5.73 Å². The average molecular weight is 455 g/mol. The minimum absolute atomic E-state index is 0.0106. The molecule has 3 aromatic rings. The lowest BCUT2D eigenvalue weighted by atomic mass is 10.0. The number of aromatic nitrogens is 4. The lowest BCUT2D eigenvalue weighted by Crippen LogP contribution is -2.46. The molecule has 3 heterocycles. The van der Waals surface area contributed by atoms with Gasteiger partial charge in [0.2, 0.25) is 0 Å². The molecule has 3 N–H and O–H groups in total. The summed E-state index contributed by atoms with van der Waals surface area (Å²) in [7, 11) is 0. The molecule has 0 radical (unpaired) electrons. The first-order chi connectivity index (χ1) is 15.9. The van der Waals surface area contributed by atoms with Crippen molar-refractivity contribution < 1.29 is 9.18 Å². The number of likely N-dealkylation sites (tertiary alicyclic amines) is 1. The molecule has 33 heavy (non-hydrogen) atoms. The fraction of sp³-hybridized carbons (Fsp3) is 0.391. The Labute approximate surface area is 189 Å². The smallest absolute Gasteiger partial charge is 0.332 e. The Morgan fingerprint density at radius 1 is 1.21 bits per heavy atom. The molecule has 174 valence electrons. The zero-order chi connectivity index (χ0) is 23.5. The molecular weight excluding hydrogens is 427 g/mol. The fourth-order valence-corrected chi connectivity index (χ4v) is 4.39. The Kier molecular flexibility index (Phi) is 6.55. The number of hydrogen-bond acceptors (Lipinski definition) is 6. The van der Waals surface area contributed by atoms with Crippen molar-refractivity contribution in [3.63, 3.8) is 0 Å². The highest BCUT2D eigenvalue weighted by molar-refractivity contribution is 6.01. The molecule has 1 unspecified atom stereocenters. The number of nitrogens with zero attached hydrogens (tertiary/aromatic N) is 4. The molecule has 1 saturated heterocycles. The van der Waals surface area contributed by atoms with Gasteiger partial charge in [0.25, 0.3) is 5.56 Å². The second-order valence-corrected chi connectivity index (χ2v) is 8.18. The van der Waals surface area contributed by atoms with Gasteiger partial charge < -0.3 is 10.7 Å². The van der Waals surface area contributed by atoms with Gasteiger partial charge in [-0.2, -0.15) is 0 Å². The number of hydrogen-bond donors (Lipinski definition) is 2. The predicted octanol–water partition coefficient (Wildman–Crippen LogP) is 1.93. The first kappa shape index (κ1) is 22.7. The number of benzene rings is 1. The topological polar surface area (TPSA) is 119 Å². The molecule has 4 rings (SSSR count). The highest BCUT2D eigenvalue weighted by atomic mass is 19.1. The summed E-state index contributed by atoms with van der Waals surface area (Å²) in [5, 5.41) is 0. The van der Waals surface area contributed by atoms with Crippen LogP contribution in [-0.4, -0.2) is 42.9 Å². The fourth-order valence-electron chi connectivity index (χ4n) is 4.39. The van der Waals surface area contributed by atoms with Crippen LogP contribution >= 0.6 is 0 Å². The number of Topliss-reactive ketones (excluding diaryl/α,β-unsaturated/α-hetero) is 1. The molecular formula is C23H27FN6O3. The van der Waals surface area contributed by atoms with Gasteiger partial charge in [-0.1, -0.05) is 18.6 Å². The van der Waals surface area contributed by atoms with Gasteiger partial charge in [0.05, 0.1) is 19.1 Å². The molecule has 10 heteroatoms. The number of anilines is 1. The van der Waals surface area contributed by atoms with Crippen LogP contribution in [0.2, 0.25) is 0 Å². The predicted molar refractivity (Wildman–Crippen MR) is 122 cm³/mol. The number of aromatic amines is 1. The van der Waals surface area contributed by atoms with Crippen molar-refractivity contribution in [3.8, 4) is 0 Å². The van der Waals surface area contributed by atoms with E-state index in [-0.39, 0.29) is 37.1 Å². The SMILES string of the molecule is CCn1c(=O)c(C(=O)CN2CCCCC2c2ncc[nH]2)c(N)n(Cc2ccc(F)cc2)c1=O. The van der Waals surface area contributed by atoms with E-state index in [0.717, 1.165) is 29.7 Å². The number of carbonyl (C=O) groups is 1. The number of carbonyl (C=O) groups excluding carboxylic acids is 1. The zero-order valence-electron chi connectivity index (χ0n) is 18.5. The van der Waals surface area contributed by atoms with Crippen LogP contribution in [0, 0.1) is 5.82 Å². The summed E-state index contributed by atoms with van der Waals surface area (Å²) in [6.45, 7) is 2.45. The summed E-state index contributed by atoms with van der Waals surface area (Å²) in [6, 6.07) is 5.57. The Bertz CT molecular complexity index is 1250. The van der Waals surface area contributed by atoms with Crippen molar-refractivity contribution in [3.05, 3.63) is 80.3 Å². The summed E-state index contributed by atoms with van der Waals surface area (Å²) in [5.74, 6) is -0.231. The second-order valence-electron chi connectivity index (χ2n) is 8.18. The number of nitrogen functional groups attached to an aromatic ring is 1. The highest BCUT2D eigenvalue weighted by Crippen LogP contribution is 2.28. The highest BCUT2D eigenvalue weighted by Gasteiger charge is 2.30. The number of H-pyrrole nitrogens is 1. The van der Waals surface area contributed by atoms with E-state index >= 15 is 0 Å². The third kappa shape index (κ3) is 4.51. The first-order valence-electron chi connectivity index (χ1n) is 11.0. The number of halogens is 1. The van der Waals surface area contributed by atoms with Gasteiger partial charge in [-0.05, 0) is 44.0 Å². The second kappa shape index (κ2) is 9.53. The minimum Gasteiger partial charge on any atom is -0.384 e. The lowest BCUT2D eigenvalue weighted by Gasteiger charge is -2.34. The Hall–Kier alpha value is -3.53. The summed E-state index contributed by atoms with van der Waals surface area (Å²) in [4.78, 5) is 48.8. The molecule has 1 fully saturated rings. The Morgan fingerprint density at radius 3 is 2.64 bits per heavy atom. The normalized spacial score (nSPS) is 16.7. The molecule has 0 spiro atoms. The van der Waals surface area contributed by atoms with Crippen LogP contribution in [0.1, 0.15) is 54.0 Å². The lowest BCUT2D eigenvalue weighted by molar-refractivity contribution is 0.0832. The standard InChI is InChI=1S/C23H27FN6O3/c1-2-29-22(32)19(20(25)30(23(29)33)13-15-6-8-16(24)9-7-15)18(31)14-28-12-4-3-5-17(28)21-26-10-11-27-21/h6-11,17H,2-5,12-14,25H2,1H3,(H,26,27). The van der Waals surface area contributed by atoms with Crippen molar-refractivity contribution in [2.45, 2.75) is 45.3 Å². The summed E-state index contributed by atoms with van der Waals surface area (Å²) in [6.07, 6.45) is 6.21. The number of imidazole rings is 1. The van der Waals surface area contributed by atoms with Crippen LogP contribution in [0.4, 0.5) is 10.2 Å². The molecule has 2 aromatic heterocycles. The molecule has 0 saturated carbocycles. The quantitative estimate of drug-likeness (QED) is 0.527. The number of nitrogens with one attached hydrogen (secondary N) is 1. The average Bonchev–Trinajstić information content (AvgIpc) is 3.33.